The van der Waals surface area contributed by atoms with E-state index in [-0.39, 0.29) is 11.6 Å². The van der Waals surface area contributed by atoms with Crippen molar-refractivity contribution in [3.63, 3.8) is 0 Å². The van der Waals surface area contributed by atoms with Crippen LogP contribution in [0.15, 0.2) is 65.7 Å². The molecule has 1 fully saturated rings. The quantitative estimate of drug-likeness (QED) is 0.807. The van der Waals surface area contributed by atoms with E-state index in [0.29, 0.717) is 5.96 Å². The zero-order valence-corrected chi connectivity index (χ0v) is 13.0. The molecule has 22 heavy (non-hydrogen) atoms. The predicted octanol–water partition coefficient (Wildman–Crippen LogP) is 4.41. The second-order valence-electron chi connectivity index (χ2n) is 6.21. The predicted molar refractivity (Wildman–Crippen MR) is 89.4 cm³/mol. The highest BCUT2D eigenvalue weighted by Crippen LogP contribution is 2.32. The van der Waals surface area contributed by atoms with Crippen LogP contribution in [0.3, 0.4) is 0 Å². The zero-order valence-electron chi connectivity index (χ0n) is 13.0. The number of para-hydroxylation sites is 2. The van der Waals surface area contributed by atoms with Crippen molar-refractivity contribution in [1.82, 2.24) is 4.90 Å². The van der Waals surface area contributed by atoms with Gasteiger partial charge in [-0.2, -0.15) is 0 Å². The molecule has 0 spiro atoms. The molecule has 0 aliphatic carbocycles. The fraction of sp³-hybridized carbons (Fsp3) is 0.222. The van der Waals surface area contributed by atoms with E-state index in [9.17, 15) is 4.79 Å². The SMILES string of the molecule is CC(C)(C)N1C(=O)N(c2ccccc2)C1=Nc1ccccc1. The van der Waals surface area contributed by atoms with Crippen LogP contribution in [-0.2, 0) is 0 Å². The molecule has 2 aromatic rings. The molecule has 1 aliphatic heterocycles. The molecule has 112 valence electrons. The highest BCUT2D eigenvalue weighted by molar-refractivity contribution is 6.31. The maximum absolute atomic E-state index is 12.6. The second-order valence-corrected chi connectivity index (χ2v) is 6.21. The minimum absolute atomic E-state index is 0.0478. The lowest BCUT2D eigenvalue weighted by Crippen LogP contribution is -2.70. The molecule has 0 saturated carbocycles. The first-order valence-electron chi connectivity index (χ1n) is 7.31. The Kier molecular flexibility index (Phi) is 3.45. The van der Waals surface area contributed by atoms with Crippen molar-refractivity contribution in [3.05, 3.63) is 60.7 Å². The summed E-state index contributed by atoms with van der Waals surface area (Å²) < 4.78 is 0. The van der Waals surface area contributed by atoms with Gasteiger partial charge in [-0.1, -0.05) is 36.4 Å². The fourth-order valence-electron chi connectivity index (χ4n) is 2.43. The third-order valence-electron chi connectivity index (χ3n) is 3.45. The van der Waals surface area contributed by atoms with Gasteiger partial charge in [0.2, 0.25) is 5.96 Å². The average Bonchev–Trinajstić information content (AvgIpc) is 2.47. The van der Waals surface area contributed by atoms with E-state index in [1.54, 1.807) is 9.80 Å². The van der Waals surface area contributed by atoms with E-state index in [0.717, 1.165) is 11.4 Å². The van der Waals surface area contributed by atoms with E-state index in [2.05, 4.69) is 4.99 Å². The van der Waals surface area contributed by atoms with Crippen LogP contribution in [0.4, 0.5) is 16.2 Å². The van der Waals surface area contributed by atoms with Crippen molar-refractivity contribution >= 4 is 23.4 Å². The molecule has 0 unspecified atom stereocenters. The minimum atomic E-state index is -0.310. The molecule has 2 amide bonds. The number of urea groups is 1. The number of carbonyl (C=O) groups is 1. The first-order valence-corrected chi connectivity index (χ1v) is 7.31. The van der Waals surface area contributed by atoms with Crippen LogP contribution in [0.1, 0.15) is 20.8 Å². The van der Waals surface area contributed by atoms with Crippen LogP contribution in [0.5, 0.6) is 0 Å². The Labute approximate surface area is 130 Å². The topological polar surface area (TPSA) is 35.9 Å². The summed E-state index contributed by atoms with van der Waals surface area (Å²) in [5.41, 5.74) is 1.36. The van der Waals surface area contributed by atoms with E-state index >= 15 is 0 Å². The van der Waals surface area contributed by atoms with Gasteiger partial charge in [0.05, 0.1) is 11.4 Å². The molecule has 3 rings (SSSR count). The first-order chi connectivity index (χ1) is 10.5. The van der Waals surface area contributed by atoms with Crippen LogP contribution in [0.25, 0.3) is 0 Å². The molecule has 1 heterocycles. The third-order valence-corrected chi connectivity index (χ3v) is 3.45. The van der Waals surface area contributed by atoms with Crippen LogP contribution in [0.2, 0.25) is 0 Å². The van der Waals surface area contributed by atoms with Crippen molar-refractivity contribution in [2.24, 2.45) is 4.99 Å². The van der Waals surface area contributed by atoms with E-state index in [1.165, 1.54) is 0 Å². The molecule has 4 heteroatoms. The molecular formula is C18H19N3O. The number of anilines is 1. The summed E-state index contributed by atoms with van der Waals surface area (Å²) in [6.45, 7) is 6.02. The van der Waals surface area contributed by atoms with Crippen molar-refractivity contribution in [2.45, 2.75) is 26.3 Å². The van der Waals surface area contributed by atoms with Crippen molar-refractivity contribution in [2.75, 3.05) is 4.90 Å². The summed E-state index contributed by atoms with van der Waals surface area (Å²) in [7, 11) is 0. The van der Waals surface area contributed by atoms with Crippen LogP contribution in [0, 0.1) is 0 Å². The normalized spacial score (nSPS) is 16.9. The second kappa shape index (κ2) is 5.30. The zero-order chi connectivity index (χ0) is 15.7. The molecule has 0 radical (unpaired) electrons. The third kappa shape index (κ3) is 2.48. The number of rotatable bonds is 2. The van der Waals surface area contributed by atoms with Crippen molar-refractivity contribution in [1.29, 1.82) is 0 Å². The fourth-order valence-corrected chi connectivity index (χ4v) is 2.43. The summed E-state index contributed by atoms with van der Waals surface area (Å²) in [4.78, 5) is 20.6. The molecular weight excluding hydrogens is 274 g/mol. The number of benzene rings is 2. The highest BCUT2D eigenvalue weighted by Gasteiger charge is 2.48. The van der Waals surface area contributed by atoms with Crippen molar-refractivity contribution in [3.8, 4) is 0 Å². The van der Waals surface area contributed by atoms with Gasteiger partial charge in [-0.3, -0.25) is 4.90 Å². The Balaban J connectivity index is 2.04. The lowest BCUT2D eigenvalue weighted by atomic mass is 10.0. The summed E-state index contributed by atoms with van der Waals surface area (Å²) in [6.07, 6.45) is 0. The Morgan fingerprint density at radius 3 is 1.95 bits per heavy atom. The molecule has 1 aliphatic rings. The highest BCUT2D eigenvalue weighted by atomic mass is 16.2. The smallest absolute Gasteiger partial charge is 0.257 e. The number of hydrogen-bond donors (Lipinski definition) is 0. The van der Waals surface area contributed by atoms with Gasteiger partial charge in [-0.15, -0.1) is 0 Å². The molecule has 2 aromatic carbocycles. The lowest BCUT2D eigenvalue weighted by Gasteiger charge is -2.49. The molecule has 0 atom stereocenters. The molecule has 1 saturated heterocycles. The van der Waals surface area contributed by atoms with Gasteiger partial charge in [0, 0.05) is 5.54 Å². The number of guanidine groups is 1. The summed E-state index contributed by atoms with van der Waals surface area (Å²) in [5.74, 6) is 0.662. The van der Waals surface area contributed by atoms with Crippen molar-refractivity contribution < 1.29 is 4.79 Å². The van der Waals surface area contributed by atoms with Crippen LogP contribution in [-0.4, -0.2) is 22.4 Å². The standard InChI is InChI=1S/C18H19N3O/c1-18(2,3)21-16(19-14-10-6-4-7-11-14)20(17(21)22)15-12-8-5-9-13-15/h4-13H,1-3H3. The summed E-state index contributed by atoms with van der Waals surface area (Å²) in [5, 5.41) is 0. The number of amides is 2. The average molecular weight is 293 g/mol. The Morgan fingerprint density at radius 2 is 1.41 bits per heavy atom. The Hall–Kier alpha value is -2.62. The van der Waals surface area contributed by atoms with Gasteiger partial charge in [0.15, 0.2) is 0 Å². The summed E-state index contributed by atoms with van der Waals surface area (Å²) in [6, 6.07) is 19.2. The Bertz CT molecular complexity index is 702. The van der Waals surface area contributed by atoms with E-state index in [1.807, 2.05) is 81.4 Å². The van der Waals surface area contributed by atoms with E-state index in [4.69, 9.17) is 0 Å². The number of hydrogen-bond acceptors (Lipinski definition) is 2. The van der Waals surface area contributed by atoms with Crippen LogP contribution < -0.4 is 4.90 Å². The van der Waals surface area contributed by atoms with Gasteiger partial charge < -0.3 is 0 Å². The van der Waals surface area contributed by atoms with Gasteiger partial charge in [-0.05, 0) is 45.0 Å². The van der Waals surface area contributed by atoms with Gasteiger partial charge >= 0.3 is 6.03 Å². The molecule has 0 N–H and O–H groups in total. The number of nitrogens with zero attached hydrogens (tertiary/aromatic N) is 3. The summed E-state index contributed by atoms with van der Waals surface area (Å²) >= 11 is 0. The van der Waals surface area contributed by atoms with E-state index < -0.39 is 0 Å². The first kappa shape index (κ1) is 14.3. The maximum atomic E-state index is 12.6. The minimum Gasteiger partial charge on any atom is -0.257 e. The van der Waals surface area contributed by atoms with Gasteiger partial charge in [0.25, 0.3) is 0 Å². The molecule has 4 nitrogen and oxygen atoms in total. The number of aliphatic imine (C=N–C) groups is 1. The monoisotopic (exact) mass is 293 g/mol. The van der Waals surface area contributed by atoms with Gasteiger partial charge in [0.1, 0.15) is 0 Å². The number of carbonyl (C=O) groups excluding carboxylic acids is 1. The largest absolute Gasteiger partial charge is 0.338 e. The molecule has 0 bridgehead atoms. The van der Waals surface area contributed by atoms with Gasteiger partial charge in [-0.25, -0.2) is 14.7 Å². The Morgan fingerprint density at radius 1 is 0.864 bits per heavy atom. The lowest BCUT2D eigenvalue weighted by molar-refractivity contribution is 0.182. The van der Waals surface area contributed by atoms with Crippen LogP contribution >= 0.6 is 0 Å². The molecule has 0 aromatic heterocycles. The maximum Gasteiger partial charge on any atom is 0.338 e.